The van der Waals surface area contributed by atoms with Crippen LogP contribution in [0.5, 0.6) is 5.88 Å². The monoisotopic (exact) mass is 481 g/mol. The summed E-state index contributed by atoms with van der Waals surface area (Å²) < 4.78 is 5.95. The Morgan fingerprint density at radius 1 is 1.15 bits per heavy atom. The van der Waals surface area contributed by atoms with Gasteiger partial charge in [0.2, 0.25) is 11.0 Å². The van der Waals surface area contributed by atoms with Gasteiger partial charge in [-0.2, -0.15) is 0 Å². The van der Waals surface area contributed by atoms with Gasteiger partial charge in [-0.1, -0.05) is 53.3 Å². The van der Waals surface area contributed by atoms with Crippen molar-refractivity contribution >= 4 is 34.0 Å². The SMILES string of the molecule is CC(C)(O)[C@H](Oc1ncc(C(=O)Nc2nnc(-c3ccncc3)s2)cc1Cl)c1ccccc1. The normalized spacial score (nSPS) is 12.2. The van der Waals surface area contributed by atoms with Crippen molar-refractivity contribution in [1.82, 2.24) is 20.2 Å². The molecule has 4 aromatic rings. The van der Waals surface area contributed by atoms with Crippen molar-refractivity contribution in [1.29, 1.82) is 0 Å². The van der Waals surface area contributed by atoms with Gasteiger partial charge in [0.15, 0.2) is 6.10 Å². The van der Waals surface area contributed by atoms with Crippen LogP contribution in [-0.2, 0) is 0 Å². The standard InChI is InChI=1S/C23H20ClN5O3S/c1-23(2,31)18(14-6-4-3-5-7-14)32-20-17(24)12-16(13-26-20)19(30)27-22-29-28-21(33-22)15-8-10-25-11-9-15/h3-13,18,31H,1-2H3,(H,27,29,30)/t18-/m1/s1. The van der Waals surface area contributed by atoms with Gasteiger partial charge in [0.1, 0.15) is 15.6 Å². The smallest absolute Gasteiger partial charge is 0.259 e. The predicted molar refractivity (Wildman–Crippen MR) is 126 cm³/mol. The van der Waals surface area contributed by atoms with E-state index in [-0.39, 0.29) is 16.5 Å². The molecule has 2 N–H and O–H groups in total. The Kier molecular flexibility index (Phi) is 6.64. The third-order valence-electron chi connectivity index (χ3n) is 4.62. The van der Waals surface area contributed by atoms with E-state index >= 15 is 0 Å². The quantitative estimate of drug-likeness (QED) is 0.390. The lowest BCUT2D eigenvalue weighted by Gasteiger charge is -2.30. The van der Waals surface area contributed by atoms with Crippen LogP contribution in [0.25, 0.3) is 10.6 Å². The first-order valence-corrected chi connectivity index (χ1v) is 11.2. The summed E-state index contributed by atoms with van der Waals surface area (Å²) in [5.41, 5.74) is 0.653. The van der Waals surface area contributed by atoms with Crippen LogP contribution in [0.2, 0.25) is 5.02 Å². The van der Waals surface area contributed by atoms with E-state index in [1.54, 1.807) is 26.2 Å². The van der Waals surface area contributed by atoms with Crippen molar-refractivity contribution in [3.8, 4) is 16.5 Å². The molecule has 0 spiro atoms. The molecular formula is C23H20ClN5O3S. The van der Waals surface area contributed by atoms with Crippen LogP contribution in [0.15, 0.2) is 67.1 Å². The summed E-state index contributed by atoms with van der Waals surface area (Å²) in [6.45, 7) is 3.28. The first kappa shape index (κ1) is 22.8. The largest absolute Gasteiger partial charge is 0.465 e. The van der Waals surface area contributed by atoms with Crippen molar-refractivity contribution in [3.05, 3.63) is 83.3 Å². The zero-order chi connectivity index (χ0) is 23.4. The van der Waals surface area contributed by atoms with E-state index in [2.05, 4.69) is 25.5 Å². The highest BCUT2D eigenvalue weighted by molar-refractivity contribution is 7.18. The molecule has 33 heavy (non-hydrogen) atoms. The Hall–Kier alpha value is -3.40. The van der Waals surface area contributed by atoms with E-state index in [1.807, 2.05) is 42.5 Å². The van der Waals surface area contributed by atoms with Gasteiger partial charge in [0.05, 0.1) is 5.56 Å². The van der Waals surface area contributed by atoms with Crippen molar-refractivity contribution in [2.45, 2.75) is 25.6 Å². The zero-order valence-electron chi connectivity index (χ0n) is 17.8. The molecule has 0 aliphatic heterocycles. The second-order valence-corrected chi connectivity index (χ2v) is 9.06. The van der Waals surface area contributed by atoms with Crippen LogP contribution in [0.3, 0.4) is 0 Å². The summed E-state index contributed by atoms with van der Waals surface area (Å²) in [4.78, 5) is 20.8. The zero-order valence-corrected chi connectivity index (χ0v) is 19.3. The number of aromatic nitrogens is 4. The third-order valence-corrected chi connectivity index (χ3v) is 5.77. The maximum atomic E-state index is 12.7. The van der Waals surface area contributed by atoms with Gasteiger partial charge in [0, 0.05) is 24.2 Å². The van der Waals surface area contributed by atoms with Gasteiger partial charge >= 0.3 is 0 Å². The van der Waals surface area contributed by atoms with E-state index in [0.29, 0.717) is 10.1 Å². The fraction of sp³-hybridized carbons (Fsp3) is 0.174. The number of benzene rings is 1. The van der Waals surface area contributed by atoms with E-state index in [1.165, 1.54) is 23.6 Å². The van der Waals surface area contributed by atoms with E-state index in [9.17, 15) is 9.90 Å². The summed E-state index contributed by atoms with van der Waals surface area (Å²) in [6.07, 6.45) is 3.96. The number of aliphatic hydroxyl groups is 1. The molecule has 10 heteroatoms. The predicted octanol–water partition coefficient (Wildman–Crippen LogP) is 4.79. The molecule has 0 fully saturated rings. The van der Waals surface area contributed by atoms with Gasteiger partial charge in [0.25, 0.3) is 5.91 Å². The Balaban J connectivity index is 1.49. The van der Waals surface area contributed by atoms with Crippen molar-refractivity contribution in [3.63, 3.8) is 0 Å². The molecule has 0 aliphatic rings. The number of anilines is 1. The number of halogens is 1. The van der Waals surface area contributed by atoms with Crippen molar-refractivity contribution < 1.29 is 14.6 Å². The fourth-order valence-corrected chi connectivity index (χ4v) is 4.01. The fourth-order valence-electron chi connectivity index (χ4n) is 3.05. The first-order chi connectivity index (χ1) is 15.8. The molecule has 0 radical (unpaired) electrons. The highest BCUT2D eigenvalue weighted by Crippen LogP contribution is 2.34. The van der Waals surface area contributed by atoms with Crippen molar-refractivity contribution in [2.24, 2.45) is 0 Å². The van der Waals surface area contributed by atoms with Gasteiger partial charge in [-0.05, 0) is 37.6 Å². The molecule has 0 bridgehead atoms. The van der Waals surface area contributed by atoms with E-state index < -0.39 is 17.6 Å². The van der Waals surface area contributed by atoms with Gasteiger partial charge in [-0.25, -0.2) is 4.98 Å². The molecule has 1 amide bonds. The minimum Gasteiger partial charge on any atom is -0.465 e. The summed E-state index contributed by atoms with van der Waals surface area (Å²) in [6, 6.07) is 14.4. The minimum atomic E-state index is -1.20. The topological polar surface area (TPSA) is 110 Å². The number of hydrogen-bond donors (Lipinski definition) is 2. The molecule has 3 aromatic heterocycles. The van der Waals surface area contributed by atoms with Crippen LogP contribution < -0.4 is 10.1 Å². The number of ether oxygens (including phenoxy) is 1. The number of carbonyl (C=O) groups excluding carboxylic acids is 1. The Bertz CT molecular complexity index is 1250. The van der Waals surface area contributed by atoms with Crippen molar-refractivity contribution in [2.75, 3.05) is 5.32 Å². The summed E-state index contributed by atoms with van der Waals surface area (Å²) in [5.74, 6) is -0.324. The van der Waals surface area contributed by atoms with E-state index in [4.69, 9.17) is 16.3 Å². The molecule has 0 saturated carbocycles. The Morgan fingerprint density at radius 2 is 1.88 bits per heavy atom. The van der Waals surface area contributed by atoms with Crippen LogP contribution in [0.4, 0.5) is 5.13 Å². The lowest BCUT2D eigenvalue weighted by molar-refractivity contribution is -0.0373. The average Bonchev–Trinajstić information content (AvgIpc) is 3.27. The van der Waals surface area contributed by atoms with Gasteiger partial charge in [-0.3, -0.25) is 15.1 Å². The Labute approximate surface area is 199 Å². The molecule has 1 atom stereocenters. The second kappa shape index (κ2) is 9.62. The third kappa shape index (κ3) is 5.51. The van der Waals surface area contributed by atoms with Gasteiger partial charge in [-0.15, -0.1) is 10.2 Å². The number of rotatable bonds is 7. The number of carbonyl (C=O) groups is 1. The molecule has 1 aromatic carbocycles. The minimum absolute atomic E-state index is 0.111. The van der Waals surface area contributed by atoms with Crippen LogP contribution in [-0.4, -0.2) is 36.8 Å². The maximum Gasteiger partial charge on any atom is 0.259 e. The molecule has 0 saturated heterocycles. The molecule has 8 nitrogen and oxygen atoms in total. The highest BCUT2D eigenvalue weighted by Gasteiger charge is 2.31. The summed E-state index contributed by atoms with van der Waals surface area (Å²) in [7, 11) is 0. The summed E-state index contributed by atoms with van der Waals surface area (Å²) in [5, 5.41) is 22.5. The van der Waals surface area contributed by atoms with E-state index in [0.717, 1.165) is 11.1 Å². The second-order valence-electron chi connectivity index (χ2n) is 7.68. The number of nitrogens with zero attached hydrogens (tertiary/aromatic N) is 4. The molecule has 168 valence electrons. The molecular weight excluding hydrogens is 462 g/mol. The number of nitrogens with one attached hydrogen (secondary N) is 1. The lowest BCUT2D eigenvalue weighted by Crippen LogP contribution is -2.33. The number of hydrogen-bond acceptors (Lipinski definition) is 8. The highest BCUT2D eigenvalue weighted by atomic mass is 35.5. The van der Waals surface area contributed by atoms with Crippen LogP contribution in [0, 0.1) is 0 Å². The molecule has 0 unspecified atom stereocenters. The molecule has 4 rings (SSSR count). The van der Waals surface area contributed by atoms with Crippen LogP contribution in [0.1, 0.15) is 35.9 Å². The molecule has 3 heterocycles. The lowest BCUT2D eigenvalue weighted by atomic mass is 9.95. The van der Waals surface area contributed by atoms with Crippen LogP contribution >= 0.6 is 22.9 Å². The molecule has 0 aliphatic carbocycles. The maximum absolute atomic E-state index is 12.7. The number of amides is 1. The number of pyridine rings is 2. The average molecular weight is 482 g/mol. The Morgan fingerprint density at radius 3 is 2.55 bits per heavy atom. The van der Waals surface area contributed by atoms with Gasteiger partial charge < -0.3 is 9.84 Å². The first-order valence-electron chi connectivity index (χ1n) is 9.96. The summed E-state index contributed by atoms with van der Waals surface area (Å²) >= 11 is 7.60.